The van der Waals surface area contributed by atoms with Crippen molar-refractivity contribution in [1.82, 2.24) is 25.3 Å². The standard InChI is InChI=1S/C23H38N6OS/c1-17-8-10-28(11-9-17)21(22-7-6-14-31-22)16-26-23(24-4)25-15-20-18(2)27-29(19(20)3)12-13-30-5/h6-7,14,17,21H,8-13,15-16H2,1-5H3,(H2,24,25,26). The molecule has 1 aliphatic rings. The Morgan fingerprint density at radius 1 is 1.32 bits per heavy atom. The molecule has 0 bridgehead atoms. The number of methoxy groups -OCH3 is 1. The van der Waals surface area contributed by atoms with Crippen molar-refractivity contribution in [3.63, 3.8) is 0 Å². The maximum absolute atomic E-state index is 5.20. The molecule has 172 valence electrons. The summed E-state index contributed by atoms with van der Waals surface area (Å²) in [5.41, 5.74) is 3.45. The number of piperidine rings is 1. The van der Waals surface area contributed by atoms with Crippen LogP contribution in [-0.4, -0.2) is 61.0 Å². The van der Waals surface area contributed by atoms with Gasteiger partial charge >= 0.3 is 0 Å². The lowest BCUT2D eigenvalue weighted by molar-refractivity contribution is 0.140. The van der Waals surface area contributed by atoms with E-state index in [-0.39, 0.29) is 0 Å². The van der Waals surface area contributed by atoms with Crippen molar-refractivity contribution in [2.24, 2.45) is 10.9 Å². The first-order valence-corrected chi connectivity index (χ1v) is 12.1. The number of hydrogen-bond acceptors (Lipinski definition) is 5. The van der Waals surface area contributed by atoms with E-state index in [1.165, 1.54) is 29.0 Å². The molecule has 3 heterocycles. The molecule has 0 aliphatic carbocycles. The molecule has 1 atom stereocenters. The van der Waals surface area contributed by atoms with E-state index in [4.69, 9.17) is 4.74 Å². The van der Waals surface area contributed by atoms with Gasteiger partial charge in [-0.05, 0) is 57.1 Å². The average molecular weight is 447 g/mol. The Bertz CT molecular complexity index is 823. The summed E-state index contributed by atoms with van der Waals surface area (Å²) in [4.78, 5) is 8.51. The SMILES string of the molecule is CN=C(NCc1c(C)nn(CCOC)c1C)NCC(c1cccs1)N1CCC(C)CC1. The van der Waals surface area contributed by atoms with Gasteiger partial charge in [0.15, 0.2) is 5.96 Å². The average Bonchev–Trinajstić information content (AvgIpc) is 3.39. The minimum atomic E-state index is 0.381. The van der Waals surface area contributed by atoms with Gasteiger partial charge in [-0.2, -0.15) is 5.10 Å². The third kappa shape index (κ3) is 6.30. The Hall–Kier alpha value is -1.90. The molecule has 7 nitrogen and oxygen atoms in total. The molecule has 3 rings (SSSR count). The van der Waals surface area contributed by atoms with Gasteiger partial charge < -0.3 is 15.4 Å². The highest BCUT2D eigenvalue weighted by Crippen LogP contribution is 2.29. The smallest absolute Gasteiger partial charge is 0.191 e. The van der Waals surface area contributed by atoms with Crippen molar-refractivity contribution in [3.05, 3.63) is 39.3 Å². The van der Waals surface area contributed by atoms with Gasteiger partial charge in [0, 0.05) is 43.4 Å². The lowest BCUT2D eigenvalue weighted by Crippen LogP contribution is -2.44. The Kier molecular flexibility index (Phi) is 8.92. The first-order valence-electron chi connectivity index (χ1n) is 11.3. The van der Waals surface area contributed by atoms with Gasteiger partial charge in [0.2, 0.25) is 0 Å². The highest BCUT2D eigenvalue weighted by Gasteiger charge is 2.25. The maximum atomic E-state index is 5.20. The molecule has 0 saturated carbocycles. The molecule has 0 radical (unpaired) electrons. The van der Waals surface area contributed by atoms with Crippen molar-refractivity contribution in [3.8, 4) is 0 Å². The van der Waals surface area contributed by atoms with E-state index in [2.05, 4.69) is 63.9 Å². The predicted molar refractivity (Wildman–Crippen MR) is 129 cm³/mol. The summed E-state index contributed by atoms with van der Waals surface area (Å²) in [5.74, 6) is 1.66. The zero-order chi connectivity index (χ0) is 22.2. The van der Waals surface area contributed by atoms with Crippen LogP contribution < -0.4 is 10.6 Å². The van der Waals surface area contributed by atoms with Crippen molar-refractivity contribution in [1.29, 1.82) is 0 Å². The lowest BCUT2D eigenvalue weighted by atomic mass is 9.97. The van der Waals surface area contributed by atoms with Gasteiger partial charge in [-0.25, -0.2) is 0 Å². The van der Waals surface area contributed by atoms with Crippen molar-refractivity contribution < 1.29 is 4.74 Å². The molecule has 31 heavy (non-hydrogen) atoms. The van der Waals surface area contributed by atoms with Crippen LogP contribution >= 0.6 is 11.3 Å². The molecule has 0 aromatic carbocycles. The molecular weight excluding hydrogens is 408 g/mol. The summed E-state index contributed by atoms with van der Waals surface area (Å²) in [7, 11) is 3.55. The van der Waals surface area contributed by atoms with Crippen LogP contribution in [0, 0.1) is 19.8 Å². The number of nitrogens with zero attached hydrogens (tertiary/aromatic N) is 4. The summed E-state index contributed by atoms with van der Waals surface area (Å²) in [6, 6.07) is 4.79. The fourth-order valence-corrected chi connectivity index (χ4v) is 5.06. The molecule has 0 spiro atoms. The highest BCUT2D eigenvalue weighted by atomic mass is 32.1. The molecule has 2 N–H and O–H groups in total. The van der Waals surface area contributed by atoms with Crippen LogP contribution in [0.4, 0.5) is 0 Å². The fraction of sp³-hybridized carbons (Fsp3) is 0.652. The number of rotatable bonds is 9. The monoisotopic (exact) mass is 446 g/mol. The molecule has 8 heteroatoms. The second-order valence-corrected chi connectivity index (χ2v) is 9.40. The van der Waals surface area contributed by atoms with Crippen LogP contribution in [0.3, 0.4) is 0 Å². The Balaban J connectivity index is 1.59. The third-order valence-electron chi connectivity index (χ3n) is 6.29. The molecule has 1 fully saturated rings. The minimum Gasteiger partial charge on any atom is -0.383 e. The maximum Gasteiger partial charge on any atom is 0.191 e. The number of thiophene rings is 1. The van der Waals surface area contributed by atoms with Crippen molar-refractivity contribution in [2.45, 2.75) is 52.7 Å². The first-order chi connectivity index (χ1) is 15.0. The van der Waals surface area contributed by atoms with E-state index in [0.29, 0.717) is 19.2 Å². The quantitative estimate of drug-likeness (QED) is 0.457. The summed E-state index contributed by atoms with van der Waals surface area (Å²) >= 11 is 1.84. The largest absolute Gasteiger partial charge is 0.383 e. The number of hydrogen-bond donors (Lipinski definition) is 2. The van der Waals surface area contributed by atoms with Crippen molar-refractivity contribution >= 4 is 17.3 Å². The first kappa shape index (κ1) is 23.8. The Morgan fingerprint density at radius 3 is 2.74 bits per heavy atom. The zero-order valence-electron chi connectivity index (χ0n) is 19.6. The number of aryl methyl sites for hydroxylation is 1. The normalized spacial score (nSPS) is 17.1. The van der Waals surface area contributed by atoms with Crippen LogP contribution in [0.15, 0.2) is 22.5 Å². The topological polar surface area (TPSA) is 66.7 Å². The molecule has 1 saturated heterocycles. The number of aromatic nitrogens is 2. The van der Waals surface area contributed by atoms with E-state index < -0.39 is 0 Å². The molecule has 1 unspecified atom stereocenters. The predicted octanol–water partition coefficient (Wildman–Crippen LogP) is 3.35. The van der Waals surface area contributed by atoms with E-state index in [9.17, 15) is 0 Å². The van der Waals surface area contributed by atoms with Gasteiger partial charge in [0.05, 0.1) is 24.9 Å². The summed E-state index contributed by atoms with van der Waals surface area (Å²) in [5, 5.41) is 13.9. The minimum absolute atomic E-state index is 0.381. The molecule has 0 amide bonds. The van der Waals surface area contributed by atoms with E-state index >= 15 is 0 Å². The third-order valence-corrected chi connectivity index (χ3v) is 7.26. The van der Waals surface area contributed by atoms with Gasteiger partial charge in [0.25, 0.3) is 0 Å². The van der Waals surface area contributed by atoms with E-state index in [0.717, 1.165) is 43.8 Å². The van der Waals surface area contributed by atoms with Gasteiger partial charge in [-0.15, -0.1) is 11.3 Å². The Labute approximate surface area is 190 Å². The van der Waals surface area contributed by atoms with Crippen molar-refractivity contribution in [2.75, 3.05) is 40.4 Å². The number of guanidine groups is 1. The lowest BCUT2D eigenvalue weighted by Gasteiger charge is -2.36. The number of nitrogens with one attached hydrogen (secondary N) is 2. The number of ether oxygens (including phenoxy) is 1. The number of aliphatic imine (C=N–C) groups is 1. The van der Waals surface area contributed by atoms with Gasteiger partial charge in [-0.1, -0.05) is 13.0 Å². The molecule has 2 aromatic heterocycles. The van der Waals surface area contributed by atoms with Crippen LogP contribution in [0.1, 0.15) is 47.6 Å². The van der Waals surface area contributed by atoms with Gasteiger partial charge in [-0.3, -0.25) is 14.6 Å². The summed E-state index contributed by atoms with van der Waals surface area (Å²) < 4.78 is 7.22. The molecular formula is C23H38N6OS. The summed E-state index contributed by atoms with van der Waals surface area (Å²) in [6.45, 7) is 11.9. The van der Waals surface area contributed by atoms with Gasteiger partial charge in [0.1, 0.15) is 0 Å². The zero-order valence-corrected chi connectivity index (χ0v) is 20.5. The molecule has 1 aliphatic heterocycles. The van der Waals surface area contributed by atoms with Crippen LogP contribution in [-0.2, 0) is 17.8 Å². The van der Waals surface area contributed by atoms with Crippen LogP contribution in [0.25, 0.3) is 0 Å². The Morgan fingerprint density at radius 2 is 2.10 bits per heavy atom. The number of likely N-dealkylation sites (tertiary alicyclic amines) is 1. The second kappa shape index (κ2) is 11.6. The van der Waals surface area contributed by atoms with E-state index in [1.807, 2.05) is 23.1 Å². The van der Waals surface area contributed by atoms with Crippen LogP contribution in [0.2, 0.25) is 0 Å². The highest BCUT2D eigenvalue weighted by molar-refractivity contribution is 7.10. The summed E-state index contributed by atoms with van der Waals surface area (Å²) in [6.07, 6.45) is 2.56. The van der Waals surface area contributed by atoms with E-state index in [1.54, 1.807) is 7.11 Å². The van der Waals surface area contributed by atoms with Crippen LogP contribution in [0.5, 0.6) is 0 Å². The second-order valence-electron chi connectivity index (χ2n) is 8.42. The molecule has 2 aromatic rings. The fourth-order valence-electron chi connectivity index (χ4n) is 4.20.